The average Bonchev–Trinajstić information content (AvgIpc) is 2.48. The van der Waals surface area contributed by atoms with Gasteiger partial charge in [-0.3, -0.25) is 4.79 Å². The molecule has 0 spiro atoms. The van der Waals surface area contributed by atoms with Crippen molar-refractivity contribution in [2.45, 2.75) is 6.42 Å². The van der Waals surface area contributed by atoms with Crippen molar-refractivity contribution in [3.05, 3.63) is 30.1 Å². The highest BCUT2D eigenvalue weighted by Crippen LogP contribution is 2.09. The number of hydrogen-bond acceptors (Lipinski definition) is 2. The van der Waals surface area contributed by atoms with E-state index in [0.717, 1.165) is 11.4 Å². The van der Waals surface area contributed by atoms with E-state index in [4.69, 9.17) is 0 Å². The molecule has 0 aliphatic carbocycles. The zero-order chi connectivity index (χ0) is 9.84. The van der Waals surface area contributed by atoms with E-state index in [0.29, 0.717) is 6.42 Å². The molecule has 0 N–H and O–H groups in total. The van der Waals surface area contributed by atoms with Crippen LogP contribution in [0.4, 0.5) is 0 Å². The molecule has 70 valence electrons. The summed E-state index contributed by atoms with van der Waals surface area (Å²) in [5.41, 5.74) is 1.93. The molecule has 1 heterocycles. The smallest absolute Gasteiger partial charge is 0.311 e. The Morgan fingerprint density at radius 2 is 2.38 bits per heavy atom. The fraction of sp³-hybridized carbons (Fsp3) is 0.300. The van der Waals surface area contributed by atoms with Crippen molar-refractivity contribution in [1.29, 1.82) is 0 Å². The third-order valence-corrected chi connectivity index (χ3v) is 2.03. The summed E-state index contributed by atoms with van der Waals surface area (Å²) in [5.74, 6) is -0.225. The molecule has 0 aliphatic heterocycles. The van der Waals surface area contributed by atoms with Crippen LogP contribution < -0.4 is 0 Å². The van der Waals surface area contributed by atoms with Crippen molar-refractivity contribution in [3.63, 3.8) is 0 Å². The number of carbonyl (C=O) groups excluding carboxylic acids is 1. The molecule has 0 radical (unpaired) electrons. The number of esters is 1. The van der Waals surface area contributed by atoms with E-state index in [1.165, 1.54) is 7.11 Å². The van der Waals surface area contributed by atoms with Crippen LogP contribution in [0.2, 0.25) is 0 Å². The van der Waals surface area contributed by atoms with Gasteiger partial charge in [0.15, 0.2) is 0 Å². The molecule has 0 unspecified atom stereocenters. The predicted molar refractivity (Wildman–Crippen MR) is 51.2 cm³/mol. The standard InChI is InChI=1S/C10H13NO2/c1-4-8-5-6-9(11(8)2)7-10(12)13-3/h4-6H,1,7H2,2-3H3. The Morgan fingerprint density at radius 3 is 2.85 bits per heavy atom. The van der Waals surface area contributed by atoms with Crippen LogP contribution in [-0.4, -0.2) is 17.6 Å². The molecule has 3 nitrogen and oxygen atoms in total. The summed E-state index contributed by atoms with van der Waals surface area (Å²) in [4.78, 5) is 11.0. The Kier molecular flexibility index (Phi) is 2.90. The van der Waals surface area contributed by atoms with Crippen molar-refractivity contribution < 1.29 is 9.53 Å². The molecule has 0 bridgehead atoms. The number of ether oxygens (including phenoxy) is 1. The van der Waals surface area contributed by atoms with Gasteiger partial charge in [0.25, 0.3) is 0 Å². The average molecular weight is 179 g/mol. The number of methoxy groups -OCH3 is 1. The van der Waals surface area contributed by atoms with Crippen LogP contribution in [-0.2, 0) is 23.0 Å². The van der Waals surface area contributed by atoms with Crippen molar-refractivity contribution in [2.24, 2.45) is 7.05 Å². The van der Waals surface area contributed by atoms with Gasteiger partial charge in [0.2, 0.25) is 0 Å². The Labute approximate surface area is 77.6 Å². The molecule has 0 saturated heterocycles. The Balaban J connectivity index is 2.84. The first kappa shape index (κ1) is 9.58. The van der Waals surface area contributed by atoms with Crippen molar-refractivity contribution in [1.82, 2.24) is 4.57 Å². The van der Waals surface area contributed by atoms with Crippen LogP contribution in [0.5, 0.6) is 0 Å². The number of rotatable bonds is 3. The van der Waals surface area contributed by atoms with E-state index in [1.807, 2.05) is 23.7 Å². The van der Waals surface area contributed by atoms with Gasteiger partial charge < -0.3 is 9.30 Å². The molecule has 0 fully saturated rings. The second-order valence-electron chi connectivity index (χ2n) is 2.77. The second kappa shape index (κ2) is 3.94. The predicted octanol–water partition coefficient (Wildman–Crippen LogP) is 1.38. The third kappa shape index (κ3) is 1.99. The lowest BCUT2D eigenvalue weighted by Gasteiger charge is -2.03. The lowest BCUT2D eigenvalue weighted by molar-refractivity contribution is -0.139. The topological polar surface area (TPSA) is 31.2 Å². The van der Waals surface area contributed by atoms with Gasteiger partial charge in [0, 0.05) is 18.4 Å². The number of nitrogens with zero attached hydrogens (tertiary/aromatic N) is 1. The molecule has 0 atom stereocenters. The number of hydrogen-bond donors (Lipinski definition) is 0. The van der Waals surface area contributed by atoms with Gasteiger partial charge in [0.1, 0.15) is 0 Å². The minimum atomic E-state index is -0.225. The summed E-state index contributed by atoms with van der Waals surface area (Å²) >= 11 is 0. The lowest BCUT2D eigenvalue weighted by Crippen LogP contribution is -2.08. The van der Waals surface area contributed by atoms with Gasteiger partial charge in [0.05, 0.1) is 13.5 Å². The van der Waals surface area contributed by atoms with Gasteiger partial charge in [-0.05, 0) is 18.2 Å². The zero-order valence-electron chi connectivity index (χ0n) is 7.91. The highest BCUT2D eigenvalue weighted by molar-refractivity contribution is 5.72. The molecule has 1 aromatic rings. The quantitative estimate of drug-likeness (QED) is 0.656. The minimum Gasteiger partial charge on any atom is -0.469 e. The number of carbonyl (C=O) groups is 1. The van der Waals surface area contributed by atoms with Gasteiger partial charge in [-0.25, -0.2) is 0 Å². The van der Waals surface area contributed by atoms with Crippen molar-refractivity contribution in [3.8, 4) is 0 Å². The Hall–Kier alpha value is -1.51. The summed E-state index contributed by atoms with van der Waals surface area (Å²) in [6.45, 7) is 3.67. The van der Waals surface area contributed by atoms with Gasteiger partial charge in [-0.15, -0.1) is 0 Å². The minimum absolute atomic E-state index is 0.225. The maximum atomic E-state index is 11.0. The molecular formula is C10H13NO2. The highest BCUT2D eigenvalue weighted by atomic mass is 16.5. The first-order chi connectivity index (χ1) is 6.19. The van der Waals surface area contributed by atoms with Crippen molar-refractivity contribution in [2.75, 3.05) is 7.11 Å². The maximum Gasteiger partial charge on any atom is 0.311 e. The molecular weight excluding hydrogens is 166 g/mol. The van der Waals surface area contributed by atoms with Crippen LogP contribution >= 0.6 is 0 Å². The Bertz CT molecular complexity index is 326. The SMILES string of the molecule is C=Cc1ccc(CC(=O)OC)n1C. The molecule has 0 amide bonds. The van der Waals surface area contributed by atoms with E-state index in [2.05, 4.69) is 11.3 Å². The maximum absolute atomic E-state index is 11.0. The van der Waals surface area contributed by atoms with Crippen LogP contribution in [0.3, 0.4) is 0 Å². The fourth-order valence-electron chi connectivity index (χ4n) is 1.17. The first-order valence-corrected chi connectivity index (χ1v) is 4.03. The second-order valence-corrected chi connectivity index (χ2v) is 2.77. The third-order valence-electron chi connectivity index (χ3n) is 2.03. The van der Waals surface area contributed by atoms with Crippen LogP contribution in [0, 0.1) is 0 Å². The summed E-state index contributed by atoms with van der Waals surface area (Å²) in [6.07, 6.45) is 2.06. The molecule has 0 aliphatic rings. The van der Waals surface area contributed by atoms with E-state index < -0.39 is 0 Å². The van der Waals surface area contributed by atoms with Crippen LogP contribution in [0.15, 0.2) is 18.7 Å². The largest absolute Gasteiger partial charge is 0.469 e. The van der Waals surface area contributed by atoms with E-state index in [1.54, 1.807) is 6.08 Å². The van der Waals surface area contributed by atoms with Gasteiger partial charge >= 0.3 is 5.97 Å². The number of aromatic nitrogens is 1. The summed E-state index contributed by atoms with van der Waals surface area (Å²) in [7, 11) is 3.29. The molecule has 3 heteroatoms. The van der Waals surface area contributed by atoms with Crippen LogP contribution in [0.1, 0.15) is 11.4 Å². The lowest BCUT2D eigenvalue weighted by atomic mass is 10.3. The summed E-state index contributed by atoms with van der Waals surface area (Å²) < 4.78 is 6.49. The Morgan fingerprint density at radius 1 is 1.69 bits per heavy atom. The van der Waals surface area contributed by atoms with Crippen LogP contribution in [0.25, 0.3) is 6.08 Å². The van der Waals surface area contributed by atoms with E-state index in [9.17, 15) is 4.79 Å². The normalized spacial score (nSPS) is 9.69. The fourth-order valence-corrected chi connectivity index (χ4v) is 1.17. The monoisotopic (exact) mass is 179 g/mol. The van der Waals surface area contributed by atoms with Crippen molar-refractivity contribution >= 4 is 12.0 Å². The molecule has 0 aromatic carbocycles. The van der Waals surface area contributed by atoms with E-state index in [-0.39, 0.29) is 5.97 Å². The zero-order valence-corrected chi connectivity index (χ0v) is 7.91. The molecule has 1 rings (SSSR count). The summed E-state index contributed by atoms with van der Waals surface area (Å²) in [6, 6.07) is 3.82. The van der Waals surface area contributed by atoms with Gasteiger partial charge in [-0.2, -0.15) is 0 Å². The highest BCUT2D eigenvalue weighted by Gasteiger charge is 2.07. The van der Waals surface area contributed by atoms with Gasteiger partial charge in [-0.1, -0.05) is 6.58 Å². The molecule has 0 saturated carbocycles. The van der Waals surface area contributed by atoms with E-state index >= 15 is 0 Å². The first-order valence-electron chi connectivity index (χ1n) is 4.03. The molecule has 1 aromatic heterocycles. The molecule has 13 heavy (non-hydrogen) atoms. The summed E-state index contributed by atoms with van der Waals surface area (Å²) in [5, 5.41) is 0.